The molecule has 1 heterocycles. The first-order valence-corrected chi connectivity index (χ1v) is 8.39. The van der Waals surface area contributed by atoms with Gasteiger partial charge in [0, 0.05) is 25.6 Å². The molecule has 1 unspecified atom stereocenters. The number of halogens is 1. The van der Waals surface area contributed by atoms with E-state index in [-0.39, 0.29) is 30.0 Å². The number of para-hydroxylation sites is 1. The lowest BCUT2D eigenvalue weighted by Crippen LogP contribution is -2.44. The van der Waals surface area contributed by atoms with Gasteiger partial charge in [-0.05, 0) is 24.3 Å². The van der Waals surface area contributed by atoms with Crippen molar-refractivity contribution >= 4 is 29.9 Å². The van der Waals surface area contributed by atoms with E-state index in [0.29, 0.717) is 5.41 Å². The summed E-state index contributed by atoms with van der Waals surface area (Å²) in [5, 5.41) is 7.09. The van der Waals surface area contributed by atoms with Crippen LogP contribution in [0.15, 0.2) is 29.3 Å². The summed E-state index contributed by atoms with van der Waals surface area (Å²) in [6.07, 6.45) is 6.32. The average molecular weight is 429 g/mol. The van der Waals surface area contributed by atoms with Crippen LogP contribution in [0, 0.1) is 5.41 Å². The molecule has 23 heavy (non-hydrogen) atoms. The van der Waals surface area contributed by atoms with E-state index in [4.69, 9.17) is 4.74 Å². The van der Waals surface area contributed by atoms with E-state index >= 15 is 0 Å². The maximum absolute atomic E-state index is 5.73. The van der Waals surface area contributed by atoms with Crippen molar-refractivity contribution in [2.75, 3.05) is 20.2 Å². The monoisotopic (exact) mass is 429 g/mol. The molecule has 0 spiro atoms. The molecule has 2 aliphatic rings. The first-order chi connectivity index (χ1) is 10.7. The Balaban J connectivity index is 0.00000192. The molecular formula is C18H28IN3O. The van der Waals surface area contributed by atoms with E-state index in [9.17, 15) is 0 Å². The second-order valence-electron chi connectivity index (χ2n) is 6.82. The van der Waals surface area contributed by atoms with Gasteiger partial charge in [-0.1, -0.05) is 38.0 Å². The molecule has 1 aromatic carbocycles. The maximum atomic E-state index is 5.73. The summed E-state index contributed by atoms with van der Waals surface area (Å²) in [4.78, 5) is 4.40. The van der Waals surface area contributed by atoms with Crippen LogP contribution in [0.4, 0.5) is 0 Å². The SMILES string of the molecule is CN=C(NCC1(C)CCCC1)NC1CCOc2ccccc21.I. The van der Waals surface area contributed by atoms with Crippen LogP contribution < -0.4 is 15.4 Å². The molecule has 2 N–H and O–H groups in total. The lowest BCUT2D eigenvalue weighted by Gasteiger charge is -2.30. The van der Waals surface area contributed by atoms with Gasteiger partial charge in [0.05, 0.1) is 12.6 Å². The first kappa shape index (κ1) is 18.4. The quantitative estimate of drug-likeness (QED) is 0.436. The van der Waals surface area contributed by atoms with Gasteiger partial charge in [0.25, 0.3) is 0 Å². The van der Waals surface area contributed by atoms with Crippen molar-refractivity contribution in [3.63, 3.8) is 0 Å². The Morgan fingerprint density at radius 3 is 2.78 bits per heavy atom. The number of hydrogen-bond donors (Lipinski definition) is 2. The Labute approximate surface area is 156 Å². The number of nitrogens with one attached hydrogen (secondary N) is 2. The zero-order valence-corrected chi connectivity index (χ0v) is 16.4. The van der Waals surface area contributed by atoms with E-state index in [1.165, 1.54) is 31.2 Å². The van der Waals surface area contributed by atoms with E-state index in [1.54, 1.807) is 0 Å². The predicted molar refractivity (Wildman–Crippen MR) is 106 cm³/mol. The van der Waals surface area contributed by atoms with Crippen LogP contribution in [-0.4, -0.2) is 26.2 Å². The van der Waals surface area contributed by atoms with Gasteiger partial charge >= 0.3 is 0 Å². The van der Waals surface area contributed by atoms with E-state index in [1.807, 2.05) is 19.2 Å². The summed E-state index contributed by atoms with van der Waals surface area (Å²) in [7, 11) is 1.84. The highest BCUT2D eigenvalue weighted by molar-refractivity contribution is 14.0. The van der Waals surface area contributed by atoms with Gasteiger partial charge in [-0.2, -0.15) is 0 Å². The van der Waals surface area contributed by atoms with Crippen molar-refractivity contribution in [3.05, 3.63) is 29.8 Å². The Kier molecular flexibility index (Phi) is 6.56. The second-order valence-corrected chi connectivity index (χ2v) is 6.82. The number of ether oxygens (including phenoxy) is 1. The third-order valence-electron chi connectivity index (χ3n) is 4.99. The lowest BCUT2D eigenvalue weighted by molar-refractivity contribution is 0.261. The molecule has 0 saturated heterocycles. The number of guanidine groups is 1. The van der Waals surface area contributed by atoms with Crippen LogP contribution in [-0.2, 0) is 0 Å². The van der Waals surface area contributed by atoms with Gasteiger partial charge in [0.1, 0.15) is 5.75 Å². The fourth-order valence-electron chi connectivity index (χ4n) is 3.55. The van der Waals surface area contributed by atoms with Crippen molar-refractivity contribution in [1.82, 2.24) is 10.6 Å². The molecule has 1 atom stereocenters. The van der Waals surface area contributed by atoms with Crippen LogP contribution in [0.1, 0.15) is 50.6 Å². The summed E-state index contributed by atoms with van der Waals surface area (Å²) < 4.78 is 5.73. The molecule has 0 aromatic heterocycles. The normalized spacial score (nSPS) is 22.5. The summed E-state index contributed by atoms with van der Waals surface area (Å²) >= 11 is 0. The summed E-state index contributed by atoms with van der Waals surface area (Å²) in [5.74, 6) is 1.89. The Hall–Kier alpha value is -0.980. The highest BCUT2D eigenvalue weighted by atomic mass is 127. The van der Waals surface area contributed by atoms with Gasteiger partial charge in [0.15, 0.2) is 5.96 Å². The number of aliphatic imine (C=N–C) groups is 1. The molecule has 0 bridgehead atoms. The van der Waals surface area contributed by atoms with Gasteiger partial charge in [0.2, 0.25) is 0 Å². The third kappa shape index (κ3) is 4.52. The van der Waals surface area contributed by atoms with Crippen LogP contribution >= 0.6 is 24.0 Å². The molecule has 0 radical (unpaired) electrons. The molecule has 5 heteroatoms. The Bertz CT molecular complexity index is 541. The highest BCUT2D eigenvalue weighted by Crippen LogP contribution is 2.36. The third-order valence-corrected chi connectivity index (χ3v) is 4.99. The molecule has 1 saturated carbocycles. The van der Waals surface area contributed by atoms with Gasteiger partial charge < -0.3 is 15.4 Å². The lowest BCUT2D eigenvalue weighted by atomic mass is 9.89. The van der Waals surface area contributed by atoms with Crippen molar-refractivity contribution in [1.29, 1.82) is 0 Å². The topological polar surface area (TPSA) is 45.7 Å². The summed E-state index contributed by atoms with van der Waals surface area (Å²) in [6, 6.07) is 8.54. The molecule has 128 valence electrons. The standard InChI is InChI=1S/C18H27N3O.HI/c1-18(10-5-6-11-18)13-20-17(19-2)21-15-9-12-22-16-8-4-3-7-14(15)16;/h3-4,7-8,15H,5-6,9-13H2,1-2H3,(H2,19,20,21);1H. The minimum atomic E-state index is 0. The number of hydrogen-bond acceptors (Lipinski definition) is 2. The van der Waals surface area contributed by atoms with E-state index < -0.39 is 0 Å². The van der Waals surface area contributed by atoms with Crippen LogP contribution in [0.2, 0.25) is 0 Å². The molecule has 1 aliphatic heterocycles. The highest BCUT2D eigenvalue weighted by Gasteiger charge is 2.29. The maximum Gasteiger partial charge on any atom is 0.191 e. The molecule has 4 nitrogen and oxygen atoms in total. The molecule has 1 aliphatic carbocycles. The Morgan fingerprint density at radius 2 is 2.04 bits per heavy atom. The molecular weight excluding hydrogens is 401 g/mol. The molecule has 0 amide bonds. The fourth-order valence-corrected chi connectivity index (χ4v) is 3.55. The number of nitrogens with zero attached hydrogens (tertiary/aromatic N) is 1. The van der Waals surface area contributed by atoms with Crippen molar-refractivity contribution in [3.8, 4) is 5.75 Å². The van der Waals surface area contributed by atoms with E-state index in [0.717, 1.165) is 31.3 Å². The van der Waals surface area contributed by atoms with Crippen molar-refractivity contribution in [2.45, 2.75) is 45.1 Å². The van der Waals surface area contributed by atoms with Gasteiger partial charge in [-0.15, -0.1) is 24.0 Å². The van der Waals surface area contributed by atoms with Crippen LogP contribution in [0.3, 0.4) is 0 Å². The zero-order valence-electron chi connectivity index (χ0n) is 14.1. The minimum Gasteiger partial charge on any atom is -0.493 e. The largest absolute Gasteiger partial charge is 0.493 e. The smallest absolute Gasteiger partial charge is 0.191 e. The van der Waals surface area contributed by atoms with Gasteiger partial charge in [-0.3, -0.25) is 4.99 Å². The number of benzene rings is 1. The minimum absolute atomic E-state index is 0. The molecule has 3 rings (SSSR count). The zero-order chi connectivity index (χ0) is 15.4. The second kappa shape index (κ2) is 8.22. The number of rotatable bonds is 3. The first-order valence-electron chi connectivity index (χ1n) is 8.39. The predicted octanol–water partition coefficient (Wildman–Crippen LogP) is 3.87. The molecule has 1 fully saturated rings. The van der Waals surface area contributed by atoms with Crippen molar-refractivity contribution < 1.29 is 4.74 Å². The fraction of sp³-hybridized carbons (Fsp3) is 0.611. The van der Waals surface area contributed by atoms with Crippen molar-refractivity contribution in [2.24, 2.45) is 10.4 Å². The summed E-state index contributed by atoms with van der Waals surface area (Å²) in [5.41, 5.74) is 1.65. The van der Waals surface area contributed by atoms with Crippen LogP contribution in [0.25, 0.3) is 0 Å². The van der Waals surface area contributed by atoms with Crippen LogP contribution in [0.5, 0.6) is 5.75 Å². The summed E-state index contributed by atoms with van der Waals surface area (Å²) in [6.45, 7) is 4.13. The molecule has 1 aromatic rings. The van der Waals surface area contributed by atoms with Gasteiger partial charge in [-0.25, -0.2) is 0 Å². The average Bonchev–Trinajstić information content (AvgIpc) is 2.98. The number of fused-ring (bicyclic) bond motifs is 1. The van der Waals surface area contributed by atoms with E-state index in [2.05, 4.69) is 34.7 Å². The Morgan fingerprint density at radius 1 is 1.30 bits per heavy atom.